The molecule has 0 unspecified atom stereocenters. The number of carbonyl (C=O) groups excluding carboxylic acids is 2. The first kappa shape index (κ1) is 18.1. The van der Waals surface area contributed by atoms with Crippen LogP contribution in [0.1, 0.15) is 37.4 Å². The van der Waals surface area contributed by atoms with Crippen molar-refractivity contribution >= 4 is 33.9 Å². The molecule has 3 rings (SSSR count). The van der Waals surface area contributed by atoms with Gasteiger partial charge in [0.2, 0.25) is 0 Å². The van der Waals surface area contributed by atoms with Crippen LogP contribution in [0.3, 0.4) is 0 Å². The molecule has 7 heteroatoms. The van der Waals surface area contributed by atoms with Crippen LogP contribution in [0.5, 0.6) is 0 Å². The molecule has 136 valence electrons. The predicted octanol–water partition coefficient (Wildman–Crippen LogP) is 3.63. The Bertz CT molecular complexity index is 887. The summed E-state index contributed by atoms with van der Waals surface area (Å²) >= 11 is 1.50. The van der Waals surface area contributed by atoms with Gasteiger partial charge in [-0.3, -0.25) is 14.0 Å². The van der Waals surface area contributed by atoms with Crippen molar-refractivity contribution in [3.63, 3.8) is 0 Å². The number of anilines is 1. The minimum Gasteiger partial charge on any atom is -0.455 e. The van der Waals surface area contributed by atoms with Crippen molar-refractivity contribution in [1.29, 1.82) is 0 Å². The first-order chi connectivity index (χ1) is 12.6. The van der Waals surface area contributed by atoms with Gasteiger partial charge < -0.3 is 10.1 Å². The van der Waals surface area contributed by atoms with E-state index in [-0.39, 0.29) is 18.9 Å². The highest BCUT2D eigenvalue weighted by Crippen LogP contribution is 2.26. The van der Waals surface area contributed by atoms with E-state index >= 15 is 0 Å². The number of hydrogen-bond donors (Lipinski definition) is 1. The molecular formula is C19H21N3O3S. The fraction of sp³-hybridized carbons (Fsp3) is 0.316. The van der Waals surface area contributed by atoms with Gasteiger partial charge in [-0.1, -0.05) is 32.0 Å². The topological polar surface area (TPSA) is 72.7 Å². The second-order valence-electron chi connectivity index (χ2n) is 6.11. The minimum absolute atomic E-state index is 0.0468. The number of carbonyl (C=O) groups is 2. The summed E-state index contributed by atoms with van der Waals surface area (Å²) in [6, 6.07) is 7.68. The van der Waals surface area contributed by atoms with Crippen LogP contribution in [0.25, 0.3) is 4.96 Å². The highest BCUT2D eigenvalue weighted by atomic mass is 32.1. The number of benzene rings is 1. The number of imidazole rings is 1. The van der Waals surface area contributed by atoms with Gasteiger partial charge in [0.05, 0.1) is 12.1 Å². The number of esters is 1. The molecule has 0 radical (unpaired) electrons. The van der Waals surface area contributed by atoms with E-state index in [0.717, 1.165) is 22.6 Å². The number of thiazole rings is 1. The molecule has 0 saturated heterocycles. The zero-order valence-corrected chi connectivity index (χ0v) is 15.6. The van der Waals surface area contributed by atoms with E-state index in [4.69, 9.17) is 4.74 Å². The van der Waals surface area contributed by atoms with Gasteiger partial charge >= 0.3 is 5.97 Å². The Hall–Kier alpha value is -2.67. The molecule has 0 spiro atoms. The Morgan fingerprint density at radius 3 is 2.92 bits per heavy atom. The minimum atomic E-state index is -0.471. The second-order valence-corrected chi connectivity index (χ2v) is 6.98. The van der Waals surface area contributed by atoms with Crippen LogP contribution in [0.15, 0.2) is 42.0 Å². The van der Waals surface area contributed by atoms with E-state index in [0.29, 0.717) is 11.6 Å². The average molecular weight is 371 g/mol. The van der Waals surface area contributed by atoms with E-state index in [1.807, 2.05) is 40.2 Å². The zero-order valence-electron chi connectivity index (χ0n) is 14.8. The molecule has 1 amide bonds. The molecule has 0 saturated carbocycles. The summed E-state index contributed by atoms with van der Waals surface area (Å²) in [7, 11) is 0. The predicted molar refractivity (Wildman–Crippen MR) is 102 cm³/mol. The number of amides is 1. The van der Waals surface area contributed by atoms with Crippen LogP contribution in [-0.4, -0.2) is 27.9 Å². The van der Waals surface area contributed by atoms with Crippen molar-refractivity contribution < 1.29 is 14.3 Å². The lowest BCUT2D eigenvalue weighted by Gasteiger charge is -2.15. The van der Waals surface area contributed by atoms with Crippen LogP contribution in [0.4, 0.5) is 5.69 Å². The van der Waals surface area contributed by atoms with Crippen LogP contribution < -0.4 is 5.32 Å². The molecule has 2 heterocycles. The van der Waals surface area contributed by atoms with E-state index in [9.17, 15) is 9.59 Å². The number of rotatable bonds is 7. The summed E-state index contributed by atoms with van der Waals surface area (Å²) < 4.78 is 6.94. The van der Waals surface area contributed by atoms with E-state index in [1.54, 1.807) is 6.20 Å². The Labute approximate surface area is 155 Å². The molecule has 0 bridgehead atoms. The molecule has 26 heavy (non-hydrogen) atoms. The Kier molecular flexibility index (Phi) is 5.68. The molecule has 6 nitrogen and oxygen atoms in total. The normalized spacial score (nSPS) is 12.1. The molecule has 1 N–H and O–H groups in total. The number of hydrogen-bond acceptors (Lipinski definition) is 5. The smallest absolute Gasteiger partial charge is 0.312 e. The molecule has 2 aromatic heterocycles. The summed E-state index contributed by atoms with van der Waals surface area (Å²) in [5.41, 5.74) is 2.47. The third-order valence-electron chi connectivity index (χ3n) is 4.21. The number of fused-ring (bicyclic) bond motifs is 1. The van der Waals surface area contributed by atoms with Crippen molar-refractivity contribution in [2.24, 2.45) is 0 Å². The first-order valence-electron chi connectivity index (χ1n) is 8.52. The monoisotopic (exact) mass is 371 g/mol. The standard InChI is InChI=1S/C19H21N3O3S/c1-3-13(2)15-6-4-5-7-16(15)21-17(23)12-25-18(24)10-14-11-22-8-9-26-19(22)20-14/h4-9,11,13H,3,10,12H2,1-2H3,(H,21,23)/t13-/m1/s1. The van der Waals surface area contributed by atoms with Crippen molar-refractivity contribution in [2.45, 2.75) is 32.6 Å². The largest absolute Gasteiger partial charge is 0.455 e. The van der Waals surface area contributed by atoms with E-state index in [1.165, 1.54) is 11.3 Å². The lowest BCUT2D eigenvalue weighted by atomic mass is 9.97. The Balaban J connectivity index is 1.52. The van der Waals surface area contributed by atoms with Gasteiger partial charge in [0.25, 0.3) is 5.91 Å². The van der Waals surface area contributed by atoms with Crippen molar-refractivity contribution in [1.82, 2.24) is 9.38 Å². The summed E-state index contributed by atoms with van der Waals surface area (Å²) in [6.45, 7) is 3.90. The maximum Gasteiger partial charge on any atom is 0.312 e. The van der Waals surface area contributed by atoms with Crippen molar-refractivity contribution in [3.8, 4) is 0 Å². The quantitative estimate of drug-likeness (QED) is 0.644. The van der Waals surface area contributed by atoms with Gasteiger partial charge in [0.1, 0.15) is 0 Å². The summed E-state index contributed by atoms with van der Waals surface area (Å²) in [4.78, 5) is 29.2. The lowest BCUT2D eigenvalue weighted by Crippen LogP contribution is -2.22. The van der Waals surface area contributed by atoms with Crippen LogP contribution >= 0.6 is 11.3 Å². The van der Waals surface area contributed by atoms with E-state index < -0.39 is 5.97 Å². The van der Waals surface area contributed by atoms with Gasteiger partial charge in [-0.15, -0.1) is 11.3 Å². The SMILES string of the molecule is CC[C@@H](C)c1ccccc1NC(=O)COC(=O)Cc1cn2ccsc2n1. The molecule has 0 fully saturated rings. The average Bonchev–Trinajstić information content (AvgIpc) is 3.21. The van der Waals surface area contributed by atoms with Crippen LogP contribution in [-0.2, 0) is 20.7 Å². The molecule has 3 aromatic rings. The molecule has 0 aliphatic rings. The molecule has 1 atom stereocenters. The maximum atomic E-state index is 12.1. The summed E-state index contributed by atoms with van der Waals surface area (Å²) in [5.74, 6) is -0.482. The fourth-order valence-electron chi connectivity index (χ4n) is 2.65. The fourth-order valence-corrected chi connectivity index (χ4v) is 3.37. The van der Waals surface area contributed by atoms with Gasteiger partial charge in [-0.05, 0) is 24.0 Å². The highest BCUT2D eigenvalue weighted by Gasteiger charge is 2.14. The molecular weight excluding hydrogens is 350 g/mol. The maximum absolute atomic E-state index is 12.1. The number of para-hydroxylation sites is 1. The van der Waals surface area contributed by atoms with Crippen LogP contribution in [0.2, 0.25) is 0 Å². The number of ether oxygens (including phenoxy) is 1. The molecule has 0 aliphatic carbocycles. The van der Waals surface area contributed by atoms with Gasteiger partial charge in [-0.2, -0.15) is 0 Å². The van der Waals surface area contributed by atoms with Crippen LogP contribution in [0, 0.1) is 0 Å². The molecule has 0 aliphatic heterocycles. The van der Waals surface area contributed by atoms with Crippen molar-refractivity contribution in [2.75, 3.05) is 11.9 Å². The van der Waals surface area contributed by atoms with Crippen molar-refractivity contribution in [3.05, 3.63) is 53.3 Å². The Morgan fingerprint density at radius 2 is 2.15 bits per heavy atom. The lowest BCUT2D eigenvalue weighted by molar-refractivity contribution is -0.146. The highest BCUT2D eigenvalue weighted by molar-refractivity contribution is 7.15. The first-order valence-corrected chi connectivity index (χ1v) is 9.40. The second kappa shape index (κ2) is 8.14. The van der Waals surface area contributed by atoms with Gasteiger partial charge in [0, 0.05) is 23.5 Å². The third kappa shape index (κ3) is 4.29. The summed E-state index contributed by atoms with van der Waals surface area (Å²) in [6.07, 6.45) is 4.69. The Morgan fingerprint density at radius 1 is 1.35 bits per heavy atom. The number of nitrogens with zero attached hydrogens (tertiary/aromatic N) is 2. The molecule has 1 aromatic carbocycles. The van der Waals surface area contributed by atoms with Gasteiger partial charge in [0.15, 0.2) is 11.6 Å². The van der Waals surface area contributed by atoms with E-state index in [2.05, 4.69) is 24.1 Å². The number of nitrogens with one attached hydrogen (secondary N) is 1. The number of aromatic nitrogens is 2. The van der Waals surface area contributed by atoms with Gasteiger partial charge in [-0.25, -0.2) is 4.98 Å². The summed E-state index contributed by atoms with van der Waals surface area (Å²) in [5, 5.41) is 4.75. The zero-order chi connectivity index (χ0) is 18.5. The third-order valence-corrected chi connectivity index (χ3v) is 4.98.